The number of hydrogen-bond donors (Lipinski definition) is 1. The Labute approximate surface area is 154 Å². The first kappa shape index (κ1) is 20.4. The van der Waals surface area contributed by atoms with E-state index >= 15 is 0 Å². The minimum absolute atomic E-state index is 0.0493. The summed E-state index contributed by atoms with van der Waals surface area (Å²) in [5, 5.41) is 9.07. The number of benzene rings is 1. The van der Waals surface area contributed by atoms with E-state index in [2.05, 4.69) is 0 Å². The zero-order valence-electron chi connectivity index (χ0n) is 15.2. The maximum atomic E-state index is 12.0. The SMILES string of the molecule is O=C(O)c1ccccc1C(=O)OCCCOCCCOC1CCCCC1. The maximum Gasteiger partial charge on any atom is 0.339 e. The van der Waals surface area contributed by atoms with Gasteiger partial charge in [0.2, 0.25) is 0 Å². The topological polar surface area (TPSA) is 82.1 Å². The van der Waals surface area contributed by atoms with E-state index < -0.39 is 11.9 Å². The van der Waals surface area contributed by atoms with E-state index in [0.29, 0.717) is 25.7 Å². The average Bonchev–Trinajstić information content (AvgIpc) is 2.67. The highest BCUT2D eigenvalue weighted by Crippen LogP contribution is 2.20. The van der Waals surface area contributed by atoms with Gasteiger partial charge in [0.05, 0.1) is 23.8 Å². The molecule has 1 aliphatic rings. The molecule has 0 aliphatic heterocycles. The summed E-state index contributed by atoms with van der Waals surface area (Å²) in [6.45, 7) is 2.05. The number of ether oxygens (including phenoxy) is 3. The molecule has 2 rings (SSSR count). The Hall–Kier alpha value is -1.92. The first-order valence-electron chi connectivity index (χ1n) is 9.37. The van der Waals surface area contributed by atoms with Gasteiger partial charge in [-0.25, -0.2) is 9.59 Å². The van der Waals surface area contributed by atoms with E-state index in [1.807, 2.05) is 0 Å². The zero-order chi connectivity index (χ0) is 18.6. The van der Waals surface area contributed by atoms with Gasteiger partial charge < -0.3 is 19.3 Å². The van der Waals surface area contributed by atoms with Gasteiger partial charge in [0.25, 0.3) is 0 Å². The normalized spacial score (nSPS) is 14.9. The van der Waals surface area contributed by atoms with Gasteiger partial charge in [-0.2, -0.15) is 0 Å². The van der Waals surface area contributed by atoms with Gasteiger partial charge in [0.15, 0.2) is 0 Å². The molecule has 0 unspecified atom stereocenters. The summed E-state index contributed by atoms with van der Waals surface area (Å²) >= 11 is 0. The van der Waals surface area contributed by atoms with Crippen LogP contribution in [0.4, 0.5) is 0 Å². The smallest absolute Gasteiger partial charge is 0.339 e. The molecule has 1 aromatic rings. The first-order chi connectivity index (χ1) is 12.7. The maximum absolute atomic E-state index is 12.0. The van der Waals surface area contributed by atoms with Gasteiger partial charge in [-0.1, -0.05) is 31.4 Å². The number of rotatable bonds is 11. The summed E-state index contributed by atoms with van der Waals surface area (Å²) in [7, 11) is 0. The van der Waals surface area contributed by atoms with Crippen molar-refractivity contribution >= 4 is 11.9 Å². The quantitative estimate of drug-likeness (QED) is 0.476. The molecule has 0 atom stereocenters. The average molecular weight is 364 g/mol. The molecular formula is C20H28O6. The number of aromatic carboxylic acids is 1. The van der Waals surface area contributed by atoms with Crippen molar-refractivity contribution in [2.24, 2.45) is 0 Å². The molecule has 1 aliphatic carbocycles. The van der Waals surface area contributed by atoms with Crippen LogP contribution in [0.3, 0.4) is 0 Å². The lowest BCUT2D eigenvalue weighted by Crippen LogP contribution is -2.17. The van der Waals surface area contributed by atoms with Crippen LogP contribution < -0.4 is 0 Å². The molecule has 0 spiro atoms. The molecular weight excluding hydrogens is 336 g/mol. The van der Waals surface area contributed by atoms with Crippen LogP contribution in [0.2, 0.25) is 0 Å². The monoisotopic (exact) mass is 364 g/mol. The molecule has 26 heavy (non-hydrogen) atoms. The number of carbonyl (C=O) groups is 2. The van der Waals surface area contributed by atoms with Gasteiger partial charge >= 0.3 is 11.9 Å². The van der Waals surface area contributed by atoms with E-state index in [-0.39, 0.29) is 17.7 Å². The predicted molar refractivity (Wildman–Crippen MR) is 96.6 cm³/mol. The molecule has 0 heterocycles. The molecule has 1 N–H and O–H groups in total. The molecule has 0 amide bonds. The summed E-state index contributed by atoms with van der Waals surface area (Å²) in [5.74, 6) is -1.76. The van der Waals surface area contributed by atoms with E-state index in [4.69, 9.17) is 19.3 Å². The molecule has 0 bridgehead atoms. The highest BCUT2D eigenvalue weighted by atomic mass is 16.5. The summed E-state index contributed by atoms with van der Waals surface area (Å²) in [6, 6.07) is 6.03. The fourth-order valence-corrected chi connectivity index (χ4v) is 3.00. The number of carboxylic acids is 1. The van der Waals surface area contributed by atoms with Crippen molar-refractivity contribution < 1.29 is 28.9 Å². The van der Waals surface area contributed by atoms with E-state index in [0.717, 1.165) is 13.0 Å². The van der Waals surface area contributed by atoms with Gasteiger partial charge in [-0.05, 0) is 31.4 Å². The third-order valence-corrected chi connectivity index (χ3v) is 4.38. The second-order valence-electron chi connectivity index (χ2n) is 6.44. The third-order valence-electron chi connectivity index (χ3n) is 4.38. The second kappa shape index (κ2) is 11.6. The van der Waals surface area contributed by atoms with E-state index in [1.165, 1.54) is 44.2 Å². The molecule has 0 saturated heterocycles. The van der Waals surface area contributed by atoms with E-state index in [1.54, 1.807) is 12.1 Å². The highest BCUT2D eigenvalue weighted by Gasteiger charge is 2.16. The Morgan fingerprint density at radius 1 is 0.923 bits per heavy atom. The van der Waals surface area contributed by atoms with Crippen LogP contribution >= 0.6 is 0 Å². The van der Waals surface area contributed by atoms with Gasteiger partial charge in [-0.15, -0.1) is 0 Å². The molecule has 6 heteroatoms. The summed E-state index contributed by atoms with van der Waals surface area (Å²) in [5.41, 5.74) is 0.0208. The van der Waals surface area contributed by atoms with E-state index in [9.17, 15) is 9.59 Å². The highest BCUT2D eigenvalue weighted by molar-refractivity contribution is 6.02. The lowest BCUT2D eigenvalue weighted by atomic mass is 9.98. The van der Waals surface area contributed by atoms with Gasteiger partial charge in [0, 0.05) is 26.2 Å². The van der Waals surface area contributed by atoms with Gasteiger partial charge in [-0.3, -0.25) is 0 Å². The largest absolute Gasteiger partial charge is 0.478 e. The second-order valence-corrected chi connectivity index (χ2v) is 6.44. The fraction of sp³-hybridized carbons (Fsp3) is 0.600. The Bertz CT molecular complexity index is 565. The molecule has 144 valence electrons. The van der Waals surface area contributed by atoms with Crippen molar-refractivity contribution in [2.75, 3.05) is 26.4 Å². The van der Waals surface area contributed by atoms with Crippen molar-refractivity contribution in [2.45, 2.75) is 51.0 Å². The van der Waals surface area contributed by atoms with Crippen LogP contribution in [0.25, 0.3) is 0 Å². The third kappa shape index (κ3) is 7.14. The van der Waals surface area contributed by atoms with Crippen LogP contribution in [0.5, 0.6) is 0 Å². The van der Waals surface area contributed by atoms with Crippen molar-refractivity contribution in [3.05, 3.63) is 35.4 Å². The summed E-state index contributed by atoms with van der Waals surface area (Å²) in [4.78, 5) is 23.0. The standard InChI is InChI=1S/C20H28O6/c21-19(22)17-10-4-5-11-18(17)20(23)26-15-7-13-24-12-6-14-25-16-8-2-1-3-9-16/h4-5,10-11,16H,1-3,6-9,12-15H2,(H,21,22). The number of carboxylic acid groups (broad SMARTS) is 1. The first-order valence-corrected chi connectivity index (χ1v) is 9.37. The molecule has 6 nitrogen and oxygen atoms in total. The minimum Gasteiger partial charge on any atom is -0.478 e. The molecule has 1 fully saturated rings. The molecule has 1 aromatic carbocycles. The summed E-state index contributed by atoms with van der Waals surface area (Å²) in [6.07, 6.45) is 8.10. The molecule has 0 aromatic heterocycles. The van der Waals surface area contributed by atoms with Crippen molar-refractivity contribution in [1.82, 2.24) is 0 Å². The van der Waals surface area contributed by atoms with Crippen LogP contribution in [0.1, 0.15) is 65.7 Å². The zero-order valence-corrected chi connectivity index (χ0v) is 15.2. The lowest BCUT2D eigenvalue weighted by molar-refractivity contribution is 0.0120. The van der Waals surface area contributed by atoms with Crippen LogP contribution in [-0.4, -0.2) is 49.6 Å². The number of carbonyl (C=O) groups excluding carboxylic acids is 1. The Morgan fingerprint density at radius 2 is 1.58 bits per heavy atom. The molecule has 1 saturated carbocycles. The van der Waals surface area contributed by atoms with Crippen LogP contribution in [0.15, 0.2) is 24.3 Å². The van der Waals surface area contributed by atoms with Crippen LogP contribution in [0, 0.1) is 0 Å². The minimum atomic E-state index is -1.14. The lowest BCUT2D eigenvalue weighted by Gasteiger charge is -2.21. The van der Waals surface area contributed by atoms with Crippen LogP contribution in [-0.2, 0) is 14.2 Å². The fourth-order valence-electron chi connectivity index (χ4n) is 3.00. The summed E-state index contributed by atoms with van der Waals surface area (Å²) < 4.78 is 16.5. The number of hydrogen-bond acceptors (Lipinski definition) is 5. The Morgan fingerprint density at radius 3 is 2.27 bits per heavy atom. The predicted octanol–water partition coefficient (Wildman–Crippen LogP) is 3.69. The molecule has 0 radical (unpaired) electrons. The Balaban J connectivity index is 1.50. The van der Waals surface area contributed by atoms with Gasteiger partial charge in [0.1, 0.15) is 0 Å². The van der Waals surface area contributed by atoms with Crippen molar-refractivity contribution in [3.8, 4) is 0 Å². The van der Waals surface area contributed by atoms with Crippen molar-refractivity contribution in [3.63, 3.8) is 0 Å². The Kier molecular flexibility index (Phi) is 9.14. The number of esters is 1. The van der Waals surface area contributed by atoms with Crippen molar-refractivity contribution in [1.29, 1.82) is 0 Å².